The van der Waals surface area contributed by atoms with E-state index in [0.29, 0.717) is 17.7 Å². The van der Waals surface area contributed by atoms with Crippen molar-refractivity contribution in [3.63, 3.8) is 0 Å². The number of carbonyl (C=O) groups excluding carboxylic acids is 2. The summed E-state index contributed by atoms with van der Waals surface area (Å²) < 4.78 is 0. The lowest BCUT2D eigenvalue weighted by molar-refractivity contribution is 0.0651. The summed E-state index contributed by atoms with van der Waals surface area (Å²) in [6, 6.07) is 7.11. The Morgan fingerprint density at radius 1 is 0.792 bits per heavy atom. The van der Waals surface area contributed by atoms with Gasteiger partial charge < -0.3 is 0 Å². The molecule has 1 aromatic carbocycles. The highest BCUT2D eigenvalue weighted by atomic mass is 32.2. The number of hydrogen-bond acceptors (Lipinski definition) is 3. The lowest BCUT2D eigenvalue weighted by atomic mass is 10.1. The molecule has 2 amide bonds. The maximum atomic E-state index is 12.2. The first-order chi connectivity index (χ1) is 11.8. The summed E-state index contributed by atoms with van der Waals surface area (Å²) in [4.78, 5) is 25.9. The zero-order valence-electron chi connectivity index (χ0n) is 14.8. The average molecular weight is 348 g/mol. The van der Waals surface area contributed by atoms with Gasteiger partial charge in [-0.15, -0.1) is 0 Å². The van der Waals surface area contributed by atoms with Crippen molar-refractivity contribution in [2.45, 2.75) is 58.3 Å². The Morgan fingerprint density at radius 2 is 1.33 bits per heavy atom. The van der Waals surface area contributed by atoms with E-state index in [-0.39, 0.29) is 11.8 Å². The summed E-state index contributed by atoms with van der Waals surface area (Å²) in [6.45, 7) is 2.80. The topological polar surface area (TPSA) is 37.4 Å². The van der Waals surface area contributed by atoms with Gasteiger partial charge in [-0.2, -0.15) is 11.8 Å². The number of nitrogens with zero attached hydrogens (tertiary/aromatic N) is 1. The first kappa shape index (κ1) is 19.0. The van der Waals surface area contributed by atoms with Crippen molar-refractivity contribution in [2.24, 2.45) is 0 Å². The van der Waals surface area contributed by atoms with Gasteiger partial charge in [0.15, 0.2) is 0 Å². The Hall–Kier alpha value is -1.29. The molecule has 1 aromatic rings. The number of benzene rings is 1. The molecule has 132 valence electrons. The van der Waals surface area contributed by atoms with E-state index in [1.54, 1.807) is 12.1 Å². The number of unbranched alkanes of at least 4 members (excludes halogenated alkanes) is 6. The second kappa shape index (κ2) is 10.5. The van der Waals surface area contributed by atoms with Crippen molar-refractivity contribution in [1.29, 1.82) is 0 Å². The third kappa shape index (κ3) is 5.37. The SMILES string of the molecule is CCCCCCSCCCCCCN1C(=O)c2ccccc2C1=O. The number of carbonyl (C=O) groups is 2. The number of fused-ring (bicyclic) bond motifs is 1. The van der Waals surface area contributed by atoms with E-state index in [0.717, 1.165) is 12.8 Å². The van der Waals surface area contributed by atoms with Gasteiger partial charge in [-0.25, -0.2) is 0 Å². The number of thioether (sulfide) groups is 1. The molecule has 24 heavy (non-hydrogen) atoms. The minimum Gasteiger partial charge on any atom is -0.274 e. The maximum absolute atomic E-state index is 12.2. The fourth-order valence-electron chi connectivity index (χ4n) is 3.00. The van der Waals surface area contributed by atoms with Gasteiger partial charge in [0, 0.05) is 6.54 Å². The molecule has 1 aliphatic rings. The molecule has 0 atom stereocenters. The standard InChI is InChI=1S/C20H29NO2S/c1-2-3-4-10-15-24-16-11-6-5-9-14-21-19(22)17-12-7-8-13-18(17)20(21)23/h7-8,12-13H,2-6,9-11,14-16H2,1H3. The molecule has 0 spiro atoms. The second-order valence-electron chi connectivity index (χ2n) is 6.39. The molecule has 0 aliphatic carbocycles. The van der Waals surface area contributed by atoms with E-state index in [1.165, 1.54) is 54.9 Å². The van der Waals surface area contributed by atoms with Crippen LogP contribution < -0.4 is 0 Å². The lowest BCUT2D eigenvalue weighted by Crippen LogP contribution is -2.30. The minimum atomic E-state index is -0.127. The molecule has 0 N–H and O–H groups in total. The largest absolute Gasteiger partial charge is 0.274 e. The van der Waals surface area contributed by atoms with Crippen LogP contribution in [0, 0.1) is 0 Å². The maximum Gasteiger partial charge on any atom is 0.261 e. The van der Waals surface area contributed by atoms with Crippen molar-refractivity contribution in [3.8, 4) is 0 Å². The molecule has 2 rings (SSSR count). The molecule has 0 radical (unpaired) electrons. The Labute approximate surface area is 150 Å². The quantitative estimate of drug-likeness (QED) is 0.387. The molecule has 0 fully saturated rings. The molecule has 4 heteroatoms. The van der Waals surface area contributed by atoms with Crippen molar-refractivity contribution in [3.05, 3.63) is 35.4 Å². The van der Waals surface area contributed by atoms with Crippen LogP contribution in [0.5, 0.6) is 0 Å². The normalized spacial score (nSPS) is 13.6. The molecular weight excluding hydrogens is 318 g/mol. The summed E-state index contributed by atoms with van der Waals surface area (Å²) in [7, 11) is 0. The molecule has 0 aromatic heterocycles. The van der Waals surface area contributed by atoms with Crippen LogP contribution in [0.15, 0.2) is 24.3 Å². The van der Waals surface area contributed by atoms with Gasteiger partial charge in [0.25, 0.3) is 11.8 Å². The van der Waals surface area contributed by atoms with E-state index in [2.05, 4.69) is 18.7 Å². The first-order valence-corrected chi connectivity index (χ1v) is 10.4. The lowest BCUT2D eigenvalue weighted by Gasteiger charge is -2.13. The van der Waals surface area contributed by atoms with Crippen LogP contribution in [-0.2, 0) is 0 Å². The summed E-state index contributed by atoms with van der Waals surface area (Å²) in [5, 5.41) is 0. The van der Waals surface area contributed by atoms with Crippen LogP contribution in [0.3, 0.4) is 0 Å². The summed E-state index contributed by atoms with van der Waals surface area (Å²) in [5.74, 6) is 2.27. The Bertz CT molecular complexity index is 509. The van der Waals surface area contributed by atoms with Crippen LogP contribution in [-0.4, -0.2) is 34.8 Å². The van der Waals surface area contributed by atoms with Gasteiger partial charge in [0.1, 0.15) is 0 Å². The van der Waals surface area contributed by atoms with Gasteiger partial charge in [-0.3, -0.25) is 14.5 Å². The third-order valence-electron chi connectivity index (χ3n) is 4.44. The molecule has 0 saturated carbocycles. The Kier molecular flexibility index (Phi) is 8.37. The summed E-state index contributed by atoms with van der Waals surface area (Å²) in [5.41, 5.74) is 1.11. The van der Waals surface area contributed by atoms with Crippen LogP contribution in [0.25, 0.3) is 0 Å². The molecule has 0 unspecified atom stereocenters. The number of rotatable bonds is 12. The summed E-state index contributed by atoms with van der Waals surface area (Å²) >= 11 is 2.06. The van der Waals surface area contributed by atoms with Crippen LogP contribution >= 0.6 is 11.8 Å². The molecular formula is C20H29NO2S. The fraction of sp³-hybridized carbons (Fsp3) is 0.600. The highest BCUT2D eigenvalue weighted by Crippen LogP contribution is 2.23. The average Bonchev–Trinajstić information content (AvgIpc) is 2.84. The molecule has 3 nitrogen and oxygen atoms in total. The predicted molar refractivity (Wildman–Crippen MR) is 102 cm³/mol. The van der Waals surface area contributed by atoms with Gasteiger partial charge in [0.05, 0.1) is 11.1 Å². The highest BCUT2D eigenvalue weighted by Gasteiger charge is 2.34. The zero-order valence-corrected chi connectivity index (χ0v) is 15.6. The summed E-state index contributed by atoms with van der Waals surface area (Å²) in [6.07, 6.45) is 9.79. The Morgan fingerprint density at radius 3 is 1.92 bits per heavy atom. The predicted octanol–water partition coefficient (Wildman–Crippen LogP) is 5.16. The molecule has 1 aliphatic heterocycles. The Balaban J connectivity index is 1.53. The van der Waals surface area contributed by atoms with Gasteiger partial charge in [-0.05, 0) is 42.9 Å². The zero-order chi connectivity index (χ0) is 17.2. The highest BCUT2D eigenvalue weighted by molar-refractivity contribution is 7.99. The van der Waals surface area contributed by atoms with Crippen molar-refractivity contribution in [2.75, 3.05) is 18.1 Å². The number of amides is 2. The van der Waals surface area contributed by atoms with E-state index in [4.69, 9.17) is 0 Å². The fourth-order valence-corrected chi connectivity index (χ4v) is 4.02. The van der Waals surface area contributed by atoms with E-state index < -0.39 is 0 Å². The van der Waals surface area contributed by atoms with E-state index in [9.17, 15) is 9.59 Å². The van der Waals surface area contributed by atoms with Crippen LogP contribution in [0.4, 0.5) is 0 Å². The van der Waals surface area contributed by atoms with E-state index >= 15 is 0 Å². The monoisotopic (exact) mass is 347 g/mol. The van der Waals surface area contributed by atoms with Crippen LogP contribution in [0.1, 0.15) is 79.0 Å². The second-order valence-corrected chi connectivity index (χ2v) is 7.62. The van der Waals surface area contributed by atoms with E-state index in [1.807, 2.05) is 12.1 Å². The van der Waals surface area contributed by atoms with Gasteiger partial charge in [0.2, 0.25) is 0 Å². The first-order valence-electron chi connectivity index (χ1n) is 9.28. The number of imide groups is 1. The minimum absolute atomic E-state index is 0.127. The van der Waals surface area contributed by atoms with Crippen molar-refractivity contribution >= 4 is 23.6 Å². The van der Waals surface area contributed by atoms with Gasteiger partial charge in [-0.1, -0.05) is 51.2 Å². The van der Waals surface area contributed by atoms with Crippen molar-refractivity contribution < 1.29 is 9.59 Å². The third-order valence-corrected chi connectivity index (χ3v) is 5.60. The molecule has 0 bridgehead atoms. The smallest absolute Gasteiger partial charge is 0.261 e. The molecule has 0 saturated heterocycles. The molecule has 1 heterocycles. The van der Waals surface area contributed by atoms with Gasteiger partial charge >= 0.3 is 0 Å². The van der Waals surface area contributed by atoms with Crippen molar-refractivity contribution in [1.82, 2.24) is 4.90 Å². The number of hydrogen-bond donors (Lipinski definition) is 0. The van der Waals surface area contributed by atoms with Crippen LogP contribution in [0.2, 0.25) is 0 Å².